The number of hydrogen-bond donors (Lipinski definition) is 6. The van der Waals surface area contributed by atoms with Crippen molar-refractivity contribution in [2.24, 2.45) is 5.73 Å². The molecule has 0 fully saturated rings. The average molecular weight is 525 g/mol. The number of nitrogens with one attached hydrogen (secondary N) is 5. The highest BCUT2D eigenvalue weighted by atomic mass is 16.2. The molecule has 2 aromatic carbocycles. The molecular formula is C29H44N6O3. The second-order valence-corrected chi connectivity index (χ2v) is 9.19. The van der Waals surface area contributed by atoms with E-state index >= 15 is 0 Å². The Hall–Kier alpha value is -3.27. The molecular weight excluding hydrogens is 480 g/mol. The fourth-order valence-corrected chi connectivity index (χ4v) is 3.82. The fourth-order valence-electron chi connectivity index (χ4n) is 3.82. The van der Waals surface area contributed by atoms with E-state index in [1.54, 1.807) is 24.3 Å². The topological polar surface area (TPSA) is 137 Å². The molecule has 0 aliphatic carbocycles. The van der Waals surface area contributed by atoms with Gasteiger partial charge in [0.1, 0.15) is 6.04 Å². The molecule has 0 heterocycles. The van der Waals surface area contributed by atoms with Crippen LogP contribution in [-0.4, -0.2) is 69.6 Å². The lowest BCUT2D eigenvalue weighted by Gasteiger charge is -2.19. The molecule has 1 atom stereocenters. The van der Waals surface area contributed by atoms with Crippen molar-refractivity contribution in [1.29, 1.82) is 0 Å². The maximum absolute atomic E-state index is 12.9. The Kier molecular flexibility index (Phi) is 16.1. The predicted molar refractivity (Wildman–Crippen MR) is 152 cm³/mol. The third kappa shape index (κ3) is 13.9. The average Bonchev–Trinajstić information content (AvgIpc) is 2.94. The van der Waals surface area contributed by atoms with Crippen LogP contribution < -0.4 is 32.3 Å². The first-order valence-electron chi connectivity index (χ1n) is 13.7. The molecule has 0 saturated carbocycles. The normalized spacial score (nSPS) is 11.5. The second-order valence-electron chi connectivity index (χ2n) is 9.19. The first-order chi connectivity index (χ1) is 18.6. The van der Waals surface area contributed by atoms with Crippen LogP contribution in [0.4, 0.5) is 0 Å². The third-order valence-corrected chi connectivity index (χ3v) is 5.96. The van der Waals surface area contributed by atoms with Crippen LogP contribution in [0.1, 0.15) is 48.0 Å². The molecule has 208 valence electrons. The molecule has 0 aromatic heterocycles. The van der Waals surface area contributed by atoms with Crippen molar-refractivity contribution in [1.82, 2.24) is 26.6 Å². The monoisotopic (exact) mass is 524 g/mol. The lowest BCUT2D eigenvalue weighted by molar-refractivity contribution is -0.124. The molecule has 3 amide bonds. The summed E-state index contributed by atoms with van der Waals surface area (Å²) in [6.07, 6.45) is 4.55. The first-order valence-corrected chi connectivity index (χ1v) is 13.7. The van der Waals surface area contributed by atoms with Crippen LogP contribution in [0.5, 0.6) is 0 Å². The maximum Gasteiger partial charge on any atom is 0.251 e. The summed E-state index contributed by atoms with van der Waals surface area (Å²) in [5.41, 5.74) is 6.88. The minimum atomic E-state index is -0.750. The summed E-state index contributed by atoms with van der Waals surface area (Å²) in [5, 5.41) is 15.4. The smallest absolute Gasteiger partial charge is 0.251 e. The van der Waals surface area contributed by atoms with Crippen molar-refractivity contribution in [2.75, 3.05) is 45.8 Å². The number of benzene rings is 2. The van der Waals surface area contributed by atoms with Gasteiger partial charge < -0.3 is 32.3 Å². The highest BCUT2D eigenvalue weighted by Gasteiger charge is 2.21. The Morgan fingerprint density at radius 2 is 1.29 bits per heavy atom. The van der Waals surface area contributed by atoms with E-state index in [4.69, 9.17) is 5.73 Å². The van der Waals surface area contributed by atoms with Gasteiger partial charge in [-0.15, -0.1) is 0 Å². The molecule has 0 saturated heterocycles. The fraction of sp³-hybridized carbons (Fsp3) is 0.483. The second kappa shape index (κ2) is 19.8. The van der Waals surface area contributed by atoms with Crippen molar-refractivity contribution >= 4 is 17.7 Å². The summed E-state index contributed by atoms with van der Waals surface area (Å²) in [4.78, 5) is 37.9. The van der Waals surface area contributed by atoms with E-state index in [1.165, 1.54) is 0 Å². The van der Waals surface area contributed by atoms with Gasteiger partial charge in [0.2, 0.25) is 11.8 Å². The zero-order valence-corrected chi connectivity index (χ0v) is 22.3. The van der Waals surface area contributed by atoms with Crippen LogP contribution in [0.25, 0.3) is 0 Å². The van der Waals surface area contributed by atoms with E-state index < -0.39 is 6.04 Å². The summed E-state index contributed by atoms with van der Waals surface area (Å²) in [6.45, 7) is 5.21. The molecule has 0 radical (unpaired) electrons. The number of carbonyl (C=O) groups is 3. The van der Waals surface area contributed by atoms with Crippen LogP contribution in [-0.2, 0) is 16.0 Å². The number of hydrogen-bond acceptors (Lipinski definition) is 6. The summed E-state index contributed by atoms with van der Waals surface area (Å²) in [5.74, 6) is -0.696. The van der Waals surface area contributed by atoms with E-state index in [9.17, 15) is 14.4 Å². The molecule has 7 N–H and O–H groups in total. The molecule has 38 heavy (non-hydrogen) atoms. The van der Waals surface area contributed by atoms with Gasteiger partial charge >= 0.3 is 0 Å². The van der Waals surface area contributed by atoms with Crippen LogP contribution >= 0.6 is 0 Å². The zero-order valence-electron chi connectivity index (χ0n) is 22.3. The molecule has 2 rings (SSSR count). The molecule has 0 aliphatic heterocycles. The first kappa shape index (κ1) is 31.0. The van der Waals surface area contributed by atoms with E-state index in [0.717, 1.165) is 64.0 Å². The zero-order chi connectivity index (χ0) is 27.3. The SMILES string of the molecule is NCCCNCCCCNCCCNC(=O)[C@H](CCNC(=O)Cc1ccccc1)NC(=O)c1ccccc1. The van der Waals surface area contributed by atoms with Gasteiger partial charge in [0.25, 0.3) is 5.91 Å². The van der Waals surface area contributed by atoms with Gasteiger partial charge in [-0.1, -0.05) is 48.5 Å². The van der Waals surface area contributed by atoms with Crippen molar-refractivity contribution in [3.8, 4) is 0 Å². The van der Waals surface area contributed by atoms with E-state index in [1.807, 2.05) is 36.4 Å². The number of nitrogens with two attached hydrogens (primary N) is 1. The van der Waals surface area contributed by atoms with Crippen LogP contribution in [0.3, 0.4) is 0 Å². The number of unbranched alkanes of at least 4 members (excludes halogenated alkanes) is 1. The Balaban J connectivity index is 1.70. The van der Waals surface area contributed by atoms with E-state index in [0.29, 0.717) is 18.5 Å². The number of amides is 3. The summed E-state index contributed by atoms with van der Waals surface area (Å²) in [7, 11) is 0. The number of carbonyl (C=O) groups excluding carboxylic acids is 3. The quantitative estimate of drug-likeness (QED) is 0.145. The van der Waals surface area contributed by atoms with Crippen LogP contribution in [0, 0.1) is 0 Å². The third-order valence-electron chi connectivity index (χ3n) is 5.96. The van der Waals surface area contributed by atoms with Crippen LogP contribution in [0.15, 0.2) is 60.7 Å². The van der Waals surface area contributed by atoms with Crippen molar-refractivity contribution in [3.63, 3.8) is 0 Å². The van der Waals surface area contributed by atoms with Crippen LogP contribution in [0.2, 0.25) is 0 Å². The van der Waals surface area contributed by atoms with Gasteiger partial charge in [0, 0.05) is 18.7 Å². The molecule has 0 spiro atoms. The Morgan fingerprint density at radius 3 is 1.95 bits per heavy atom. The number of rotatable bonds is 20. The summed E-state index contributed by atoms with van der Waals surface area (Å²) in [6, 6.07) is 17.5. The highest BCUT2D eigenvalue weighted by Crippen LogP contribution is 2.02. The summed E-state index contributed by atoms with van der Waals surface area (Å²) >= 11 is 0. The van der Waals surface area contributed by atoms with Crippen molar-refractivity contribution in [2.45, 2.75) is 44.6 Å². The lowest BCUT2D eigenvalue weighted by atomic mass is 10.1. The molecule has 0 bridgehead atoms. The minimum Gasteiger partial charge on any atom is -0.356 e. The Morgan fingerprint density at radius 1 is 0.684 bits per heavy atom. The Bertz CT molecular complexity index is 926. The highest BCUT2D eigenvalue weighted by molar-refractivity contribution is 5.97. The largest absolute Gasteiger partial charge is 0.356 e. The molecule has 0 unspecified atom stereocenters. The molecule has 0 aliphatic rings. The maximum atomic E-state index is 12.9. The predicted octanol–water partition coefficient (Wildman–Crippen LogP) is 1.35. The standard InChI is InChI=1S/C29H44N6O3/c30-16-9-19-31-17-7-8-18-32-20-10-21-34-29(38)26(35-28(37)25-13-5-2-6-14-25)15-22-33-27(36)23-24-11-3-1-4-12-24/h1-6,11-14,26,31-32H,7-10,15-23,30H2,(H,33,36)(H,34,38)(H,35,37)/t26-/m0/s1. The van der Waals surface area contributed by atoms with E-state index in [-0.39, 0.29) is 30.7 Å². The molecule has 9 nitrogen and oxygen atoms in total. The van der Waals surface area contributed by atoms with Gasteiger partial charge in [-0.2, -0.15) is 0 Å². The Labute approximate surface area is 226 Å². The van der Waals surface area contributed by atoms with Gasteiger partial charge in [-0.25, -0.2) is 0 Å². The van der Waals surface area contributed by atoms with Gasteiger partial charge in [-0.05, 0) is 82.5 Å². The van der Waals surface area contributed by atoms with Gasteiger partial charge in [0.15, 0.2) is 0 Å². The summed E-state index contributed by atoms with van der Waals surface area (Å²) < 4.78 is 0. The van der Waals surface area contributed by atoms with Gasteiger partial charge in [0.05, 0.1) is 6.42 Å². The lowest BCUT2D eigenvalue weighted by Crippen LogP contribution is -2.48. The molecule has 2 aromatic rings. The van der Waals surface area contributed by atoms with E-state index in [2.05, 4.69) is 26.6 Å². The van der Waals surface area contributed by atoms with Gasteiger partial charge in [-0.3, -0.25) is 14.4 Å². The van der Waals surface area contributed by atoms with Crippen molar-refractivity contribution < 1.29 is 14.4 Å². The minimum absolute atomic E-state index is 0.123. The molecule has 9 heteroatoms. The van der Waals surface area contributed by atoms with Crippen molar-refractivity contribution in [3.05, 3.63) is 71.8 Å².